The minimum atomic E-state index is -4.31. The van der Waals surface area contributed by atoms with Gasteiger partial charge in [-0.3, -0.25) is 9.59 Å². The average Bonchev–Trinajstić information content (AvgIpc) is 2.37. The molecule has 128 valence electrons. The molecule has 0 unspecified atom stereocenters. The number of para-hydroxylation sites is 1. The Labute approximate surface area is 134 Å². The molecule has 0 aliphatic heterocycles. The van der Waals surface area contributed by atoms with E-state index in [1.165, 1.54) is 0 Å². The number of rotatable bonds is 5. The van der Waals surface area contributed by atoms with E-state index in [1.54, 1.807) is 4.72 Å². The van der Waals surface area contributed by atoms with Gasteiger partial charge in [0.25, 0.3) is 15.9 Å². The van der Waals surface area contributed by atoms with Crippen molar-refractivity contribution in [3.05, 3.63) is 24.0 Å². The van der Waals surface area contributed by atoms with Crippen molar-refractivity contribution in [2.75, 3.05) is 12.3 Å². The van der Waals surface area contributed by atoms with Crippen molar-refractivity contribution in [1.82, 2.24) is 10.0 Å². The molecule has 9 heteroatoms. The Morgan fingerprint density at radius 2 is 1.83 bits per heavy atom. The Morgan fingerprint density at radius 1 is 1.22 bits per heavy atom. The maximum Gasteiger partial charge on any atom is 0.266 e. The van der Waals surface area contributed by atoms with E-state index >= 15 is 0 Å². The molecule has 7 nitrogen and oxygen atoms in total. The zero-order valence-corrected chi connectivity index (χ0v) is 14.0. The van der Waals surface area contributed by atoms with Gasteiger partial charge < -0.3 is 11.1 Å². The van der Waals surface area contributed by atoms with E-state index in [2.05, 4.69) is 5.32 Å². The highest BCUT2D eigenvalue weighted by atomic mass is 32.2. The number of nitrogens with two attached hydrogens (primary N) is 1. The summed E-state index contributed by atoms with van der Waals surface area (Å²) in [5.41, 5.74) is 4.52. The summed E-state index contributed by atoms with van der Waals surface area (Å²) < 4.78 is 39.0. The molecule has 0 saturated heterocycles. The SMILES string of the molecule is CC(C)(C)CC(=O)NCC(=O)NS(=O)(=O)c1cccc(F)c1N. The van der Waals surface area contributed by atoms with Gasteiger partial charge in [-0.15, -0.1) is 0 Å². The van der Waals surface area contributed by atoms with Crippen LogP contribution in [0.5, 0.6) is 0 Å². The molecule has 0 aliphatic rings. The zero-order chi connectivity index (χ0) is 17.8. The van der Waals surface area contributed by atoms with Gasteiger partial charge in [-0.1, -0.05) is 26.8 Å². The summed E-state index contributed by atoms with van der Waals surface area (Å²) in [6.45, 7) is 5.04. The van der Waals surface area contributed by atoms with Crippen LogP contribution in [0.2, 0.25) is 0 Å². The van der Waals surface area contributed by atoms with Crippen LogP contribution in [0.25, 0.3) is 0 Å². The first-order chi connectivity index (χ1) is 10.4. The number of carbonyl (C=O) groups excluding carboxylic acids is 2. The molecule has 0 heterocycles. The number of benzene rings is 1. The lowest BCUT2D eigenvalue weighted by atomic mass is 9.92. The number of sulfonamides is 1. The van der Waals surface area contributed by atoms with Gasteiger partial charge in [0.2, 0.25) is 5.91 Å². The zero-order valence-electron chi connectivity index (χ0n) is 13.1. The van der Waals surface area contributed by atoms with Crippen molar-refractivity contribution in [2.24, 2.45) is 5.41 Å². The number of halogens is 1. The van der Waals surface area contributed by atoms with Gasteiger partial charge >= 0.3 is 0 Å². The third-order valence-electron chi connectivity index (χ3n) is 2.69. The molecule has 1 aromatic rings. The van der Waals surface area contributed by atoms with Crippen LogP contribution in [0.15, 0.2) is 23.1 Å². The molecule has 0 bridgehead atoms. The lowest BCUT2D eigenvalue weighted by Crippen LogP contribution is -2.40. The summed E-state index contributed by atoms with van der Waals surface area (Å²) in [5.74, 6) is -2.23. The molecule has 0 spiro atoms. The second kappa shape index (κ2) is 6.95. The van der Waals surface area contributed by atoms with E-state index in [4.69, 9.17) is 5.73 Å². The van der Waals surface area contributed by atoms with Crippen molar-refractivity contribution >= 4 is 27.5 Å². The molecule has 0 saturated carbocycles. The van der Waals surface area contributed by atoms with E-state index in [9.17, 15) is 22.4 Å². The van der Waals surface area contributed by atoms with Gasteiger partial charge in [0.15, 0.2) is 0 Å². The molecular weight excluding hydrogens is 325 g/mol. The van der Waals surface area contributed by atoms with Crippen molar-refractivity contribution < 1.29 is 22.4 Å². The van der Waals surface area contributed by atoms with Crippen LogP contribution in [-0.2, 0) is 19.6 Å². The number of hydrogen-bond donors (Lipinski definition) is 3. The van der Waals surface area contributed by atoms with Gasteiger partial charge in [-0.25, -0.2) is 17.5 Å². The molecule has 0 fully saturated rings. The summed E-state index contributed by atoms with van der Waals surface area (Å²) in [7, 11) is -4.31. The number of anilines is 1. The molecule has 4 N–H and O–H groups in total. The first-order valence-corrected chi connectivity index (χ1v) is 8.27. The largest absolute Gasteiger partial charge is 0.395 e. The van der Waals surface area contributed by atoms with Crippen molar-refractivity contribution in [2.45, 2.75) is 32.1 Å². The molecule has 1 rings (SSSR count). The second-order valence-electron chi connectivity index (χ2n) is 6.19. The molecule has 0 aliphatic carbocycles. The topological polar surface area (TPSA) is 118 Å². The lowest BCUT2D eigenvalue weighted by molar-refractivity contribution is -0.126. The van der Waals surface area contributed by atoms with E-state index in [0.717, 1.165) is 18.2 Å². The summed E-state index contributed by atoms with van der Waals surface area (Å²) in [4.78, 5) is 22.7. The quantitative estimate of drug-likeness (QED) is 0.681. The smallest absolute Gasteiger partial charge is 0.266 e. The average molecular weight is 345 g/mol. The Hall–Kier alpha value is -2.16. The second-order valence-corrected chi connectivity index (χ2v) is 7.85. The van der Waals surface area contributed by atoms with Gasteiger partial charge in [-0.05, 0) is 17.5 Å². The molecule has 0 atom stereocenters. The highest BCUT2D eigenvalue weighted by molar-refractivity contribution is 7.90. The minimum Gasteiger partial charge on any atom is -0.395 e. The predicted molar refractivity (Wildman–Crippen MR) is 83.2 cm³/mol. The Balaban J connectivity index is 2.70. The summed E-state index contributed by atoms with van der Waals surface area (Å²) in [6, 6.07) is 3.24. The van der Waals surface area contributed by atoms with Crippen molar-refractivity contribution in [3.8, 4) is 0 Å². The molecular formula is C14H20FN3O4S. The Kier molecular flexibility index (Phi) is 5.70. The van der Waals surface area contributed by atoms with E-state index < -0.39 is 38.9 Å². The summed E-state index contributed by atoms with van der Waals surface area (Å²) in [5, 5.41) is 2.32. The number of hydrogen-bond acceptors (Lipinski definition) is 5. The Bertz CT molecular complexity index is 711. The van der Waals surface area contributed by atoms with Crippen LogP contribution in [0.1, 0.15) is 27.2 Å². The van der Waals surface area contributed by atoms with E-state index in [0.29, 0.717) is 0 Å². The number of amides is 2. The molecule has 23 heavy (non-hydrogen) atoms. The summed E-state index contributed by atoms with van der Waals surface area (Å²) in [6.07, 6.45) is 0.184. The lowest BCUT2D eigenvalue weighted by Gasteiger charge is -2.17. The van der Waals surface area contributed by atoms with E-state index in [1.807, 2.05) is 20.8 Å². The van der Waals surface area contributed by atoms with Gasteiger partial charge in [0.1, 0.15) is 10.7 Å². The number of carbonyl (C=O) groups is 2. The third kappa shape index (κ3) is 5.85. The predicted octanol–water partition coefficient (Wildman–Crippen LogP) is 0.765. The van der Waals surface area contributed by atoms with Gasteiger partial charge in [-0.2, -0.15) is 0 Å². The van der Waals surface area contributed by atoms with Gasteiger partial charge in [0, 0.05) is 6.42 Å². The fraction of sp³-hybridized carbons (Fsp3) is 0.429. The highest BCUT2D eigenvalue weighted by Gasteiger charge is 2.22. The maximum atomic E-state index is 13.3. The molecule has 0 aromatic heterocycles. The van der Waals surface area contributed by atoms with Crippen LogP contribution < -0.4 is 15.8 Å². The number of nitrogen functional groups attached to an aromatic ring is 1. The molecule has 1 aromatic carbocycles. The summed E-state index contributed by atoms with van der Waals surface area (Å²) >= 11 is 0. The van der Waals surface area contributed by atoms with Gasteiger partial charge in [0.05, 0.1) is 12.2 Å². The minimum absolute atomic E-state index is 0.184. The monoisotopic (exact) mass is 345 g/mol. The van der Waals surface area contributed by atoms with E-state index in [-0.39, 0.29) is 17.7 Å². The van der Waals surface area contributed by atoms with Crippen LogP contribution >= 0.6 is 0 Å². The normalized spacial score (nSPS) is 11.8. The Morgan fingerprint density at radius 3 is 2.39 bits per heavy atom. The van der Waals surface area contributed by atoms with Crippen LogP contribution in [-0.4, -0.2) is 26.8 Å². The fourth-order valence-electron chi connectivity index (χ4n) is 1.72. The molecule has 0 radical (unpaired) electrons. The van der Waals surface area contributed by atoms with Crippen LogP contribution in [0.4, 0.5) is 10.1 Å². The third-order valence-corrected chi connectivity index (χ3v) is 4.12. The molecule has 2 amide bonds. The van der Waals surface area contributed by atoms with Crippen LogP contribution in [0.3, 0.4) is 0 Å². The first-order valence-electron chi connectivity index (χ1n) is 6.79. The standard InChI is InChI=1S/C14H20FN3O4S/c1-14(2,3)7-11(19)17-8-12(20)18-23(21,22)10-6-4-5-9(15)13(10)16/h4-6H,7-8,16H2,1-3H3,(H,17,19)(H,18,20). The fourth-order valence-corrected chi connectivity index (χ4v) is 2.84. The van der Waals surface area contributed by atoms with Crippen molar-refractivity contribution in [1.29, 1.82) is 0 Å². The maximum absolute atomic E-state index is 13.3. The highest BCUT2D eigenvalue weighted by Crippen LogP contribution is 2.20. The first kappa shape index (κ1) is 18.9. The van der Waals surface area contributed by atoms with Crippen LogP contribution in [0, 0.1) is 11.2 Å². The van der Waals surface area contributed by atoms with Crippen molar-refractivity contribution in [3.63, 3.8) is 0 Å². The number of nitrogens with one attached hydrogen (secondary N) is 2.